The van der Waals surface area contributed by atoms with E-state index in [9.17, 15) is 18.7 Å². The van der Waals surface area contributed by atoms with Gasteiger partial charge in [-0.05, 0) is 55.7 Å². The lowest BCUT2D eigenvalue weighted by Crippen LogP contribution is -2.44. The van der Waals surface area contributed by atoms with Gasteiger partial charge in [0.05, 0.1) is 23.4 Å². The van der Waals surface area contributed by atoms with Crippen molar-refractivity contribution in [2.45, 2.75) is 37.6 Å². The number of piperidine rings is 1. The number of pyridine rings is 1. The van der Waals surface area contributed by atoms with Gasteiger partial charge in [0.2, 0.25) is 11.7 Å². The van der Waals surface area contributed by atoms with Gasteiger partial charge in [0.15, 0.2) is 12.4 Å². The molecule has 0 amide bonds. The quantitative estimate of drug-likeness (QED) is 0.438. The third-order valence-corrected chi connectivity index (χ3v) is 7.94. The highest BCUT2D eigenvalue weighted by Crippen LogP contribution is 2.45. The molecule has 38 heavy (non-hydrogen) atoms. The van der Waals surface area contributed by atoms with Crippen molar-refractivity contribution in [3.05, 3.63) is 39.8 Å². The molecular formula is C26H29ClF2N6O3. The molecule has 3 aromatic rings. The van der Waals surface area contributed by atoms with E-state index in [0.717, 1.165) is 19.4 Å². The second-order valence-corrected chi connectivity index (χ2v) is 10.8. The second kappa shape index (κ2) is 9.53. The number of rotatable bonds is 5. The first-order valence-electron chi connectivity index (χ1n) is 12.8. The van der Waals surface area contributed by atoms with Crippen LogP contribution in [0.4, 0.5) is 31.9 Å². The molecule has 3 N–H and O–H groups in total. The summed E-state index contributed by atoms with van der Waals surface area (Å²) in [5.41, 5.74) is 0.989. The van der Waals surface area contributed by atoms with Crippen molar-refractivity contribution in [2.75, 3.05) is 41.8 Å². The van der Waals surface area contributed by atoms with Gasteiger partial charge in [-0.1, -0.05) is 11.6 Å². The van der Waals surface area contributed by atoms with Gasteiger partial charge in [-0.25, -0.2) is 13.8 Å². The number of halogens is 3. The lowest BCUT2D eigenvalue weighted by atomic mass is 9.99. The van der Waals surface area contributed by atoms with E-state index in [0.29, 0.717) is 52.8 Å². The van der Waals surface area contributed by atoms with Crippen molar-refractivity contribution in [1.29, 1.82) is 0 Å². The number of aromatic nitrogens is 3. The van der Waals surface area contributed by atoms with Crippen molar-refractivity contribution in [3.8, 4) is 5.75 Å². The molecule has 2 atom stereocenters. The van der Waals surface area contributed by atoms with E-state index >= 15 is 0 Å². The maximum absolute atomic E-state index is 14.9. The molecular weight excluding hydrogens is 518 g/mol. The number of nitrogens with one attached hydrogen (secondary N) is 2. The minimum atomic E-state index is -3.11. The van der Waals surface area contributed by atoms with Crippen LogP contribution < -0.4 is 25.8 Å². The van der Waals surface area contributed by atoms with Gasteiger partial charge >= 0.3 is 5.92 Å². The minimum Gasteiger partial charge on any atom is -0.480 e. The third-order valence-electron chi connectivity index (χ3n) is 7.66. The summed E-state index contributed by atoms with van der Waals surface area (Å²) in [5.74, 6) is -2.31. The van der Waals surface area contributed by atoms with Crippen LogP contribution in [0.3, 0.4) is 0 Å². The maximum Gasteiger partial charge on any atom is 0.301 e. The van der Waals surface area contributed by atoms with E-state index in [1.807, 2.05) is 4.90 Å². The maximum atomic E-state index is 14.9. The molecule has 1 aromatic carbocycles. The number of aliphatic hydroxyl groups excluding tert-OH is 1. The molecule has 0 bridgehead atoms. The average molecular weight is 547 g/mol. The molecule has 3 aliphatic rings. The molecule has 4 heterocycles. The van der Waals surface area contributed by atoms with Gasteiger partial charge in [-0.3, -0.25) is 4.79 Å². The Balaban J connectivity index is 1.37. The van der Waals surface area contributed by atoms with Crippen molar-refractivity contribution in [3.63, 3.8) is 0 Å². The smallest absolute Gasteiger partial charge is 0.301 e. The van der Waals surface area contributed by atoms with E-state index in [4.69, 9.17) is 16.3 Å². The first kappa shape index (κ1) is 25.1. The summed E-state index contributed by atoms with van der Waals surface area (Å²) in [6.45, 7) is 0.711. The van der Waals surface area contributed by atoms with Gasteiger partial charge in [0.25, 0.3) is 5.56 Å². The SMILES string of the molecule is Cn1c(=O)c2c(c3cc(Nc4nc(N5CCC[C@@H](CO)C5)ncc4Cl)ccc31)N[C@@H](C1CC1)C(F)(F)CO2. The summed E-state index contributed by atoms with van der Waals surface area (Å²) in [6, 6.07) is 4.20. The highest BCUT2D eigenvalue weighted by Gasteiger charge is 2.51. The van der Waals surface area contributed by atoms with Crippen molar-refractivity contribution in [2.24, 2.45) is 18.9 Å². The summed E-state index contributed by atoms with van der Waals surface area (Å²) in [7, 11) is 1.59. The van der Waals surface area contributed by atoms with E-state index in [1.54, 1.807) is 25.2 Å². The molecule has 0 radical (unpaired) electrons. The number of hydrogen-bond donors (Lipinski definition) is 3. The normalized spacial score (nSPS) is 22.8. The van der Waals surface area contributed by atoms with Gasteiger partial charge in [-0.2, -0.15) is 4.98 Å². The molecule has 2 aromatic heterocycles. The van der Waals surface area contributed by atoms with E-state index in [1.165, 1.54) is 10.8 Å². The Kier molecular flexibility index (Phi) is 6.30. The summed E-state index contributed by atoms with van der Waals surface area (Å²) in [6.07, 6.45) is 4.85. The number of aliphatic hydroxyl groups is 1. The Morgan fingerprint density at radius 1 is 1.32 bits per heavy atom. The van der Waals surface area contributed by atoms with Gasteiger partial charge < -0.3 is 29.9 Å². The zero-order chi connectivity index (χ0) is 26.6. The highest BCUT2D eigenvalue weighted by molar-refractivity contribution is 6.32. The fourth-order valence-corrected chi connectivity index (χ4v) is 5.55. The van der Waals surface area contributed by atoms with E-state index in [2.05, 4.69) is 20.6 Å². The van der Waals surface area contributed by atoms with Crippen molar-refractivity contribution in [1.82, 2.24) is 14.5 Å². The molecule has 202 valence electrons. The van der Waals surface area contributed by atoms with Gasteiger partial charge in [-0.15, -0.1) is 0 Å². The van der Waals surface area contributed by atoms with Crippen molar-refractivity contribution >= 4 is 45.6 Å². The number of ether oxygens (including phenoxy) is 1. The molecule has 2 aliphatic heterocycles. The van der Waals surface area contributed by atoms with Crippen LogP contribution in [0.2, 0.25) is 5.02 Å². The van der Waals surface area contributed by atoms with Crippen LogP contribution in [0.5, 0.6) is 5.75 Å². The molecule has 1 saturated heterocycles. The zero-order valence-corrected chi connectivity index (χ0v) is 21.6. The van der Waals surface area contributed by atoms with Crippen LogP contribution in [-0.4, -0.2) is 57.9 Å². The van der Waals surface area contributed by atoms with Crippen LogP contribution in [0.15, 0.2) is 29.2 Å². The fourth-order valence-electron chi connectivity index (χ4n) is 5.42. The van der Waals surface area contributed by atoms with Crippen LogP contribution >= 0.6 is 11.6 Å². The molecule has 0 spiro atoms. The Hall–Kier alpha value is -3.18. The Morgan fingerprint density at radius 2 is 2.13 bits per heavy atom. The third kappa shape index (κ3) is 4.51. The predicted octanol–water partition coefficient (Wildman–Crippen LogP) is 4.15. The van der Waals surface area contributed by atoms with Crippen LogP contribution in [0.1, 0.15) is 25.7 Å². The van der Waals surface area contributed by atoms with Crippen LogP contribution in [0.25, 0.3) is 10.9 Å². The van der Waals surface area contributed by atoms with E-state index in [-0.39, 0.29) is 29.9 Å². The zero-order valence-electron chi connectivity index (χ0n) is 20.9. The molecule has 1 saturated carbocycles. The van der Waals surface area contributed by atoms with Crippen LogP contribution in [0, 0.1) is 11.8 Å². The lowest BCUT2D eigenvalue weighted by Gasteiger charge is -2.32. The molecule has 2 fully saturated rings. The second-order valence-electron chi connectivity index (χ2n) is 10.4. The van der Waals surface area contributed by atoms with Crippen molar-refractivity contribution < 1.29 is 18.6 Å². The first-order valence-corrected chi connectivity index (χ1v) is 13.2. The van der Waals surface area contributed by atoms with E-state index < -0.39 is 24.1 Å². The summed E-state index contributed by atoms with van der Waals surface area (Å²) in [4.78, 5) is 24.1. The van der Waals surface area contributed by atoms with Gasteiger partial charge in [0, 0.05) is 37.8 Å². The summed E-state index contributed by atoms with van der Waals surface area (Å²) in [5, 5.41) is 16.7. The first-order chi connectivity index (χ1) is 18.2. The lowest BCUT2D eigenvalue weighted by molar-refractivity contribution is -0.0579. The number of benzene rings is 1. The monoisotopic (exact) mass is 546 g/mol. The number of nitrogens with zero attached hydrogens (tertiary/aromatic N) is 4. The van der Waals surface area contributed by atoms with Crippen LogP contribution in [-0.2, 0) is 7.05 Å². The average Bonchev–Trinajstić information content (AvgIpc) is 3.76. The Labute approximate surface area is 222 Å². The Bertz CT molecular complexity index is 1450. The topological polar surface area (TPSA) is 105 Å². The number of anilines is 4. The fraction of sp³-hybridized carbons (Fsp3) is 0.500. The van der Waals surface area contributed by atoms with Gasteiger partial charge in [0.1, 0.15) is 5.02 Å². The summed E-state index contributed by atoms with van der Waals surface area (Å²) < 4.78 is 36.7. The summed E-state index contributed by atoms with van der Waals surface area (Å²) >= 11 is 6.43. The molecule has 0 unspecified atom stereocenters. The molecule has 6 rings (SSSR count). The minimum absolute atomic E-state index is 0.106. The highest BCUT2D eigenvalue weighted by atomic mass is 35.5. The Morgan fingerprint density at radius 3 is 2.89 bits per heavy atom. The number of alkyl halides is 2. The molecule has 12 heteroatoms. The largest absolute Gasteiger partial charge is 0.480 e. The standard InChI is InChI=1S/C26H29ClF2N6O3/c1-34-19-7-6-16(31-23-18(27)10-30-25(33-23)35-8-2-3-14(11-35)12-36)9-17(19)20-21(24(34)37)38-13-26(28,29)22(32-20)15-4-5-15/h6-7,9-10,14-15,22,32,36H,2-5,8,11-13H2,1H3,(H,30,31,33)/t14-,22+/m1/s1. The number of hydrogen-bond acceptors (Lipinski definition) is 8. The number of fused-ring (bicyclic) bond motifs is 3. The number of aryl methyl sites for hydroxylation is 1. The molecule has 1 aliphatic carbocycles. The molecule has 9 nitrogen and oxygen atoms in total. The predicted molar refractivity (Wildman–Crippen MR) is 142 cm³/mol.